The summed E-state index contributed by atoms with van der Waals surface area (Å²) < 4.78 is 5.18. The third kappa shape index (κ3) is 4.93. The van der Waals surface area contributed by atoms with E-state index in [1.54, 1.807) is 19.9 Å². The first-order valence-corrected chi connectivity index (χ1v) is 9.97. The molecule has 0 amide bonds. The summed E-state index contributed by atoms with van der Waals surface area (Å²) in [7, 11) is 0. The maximum atomic E-state index is 12.5. The number of carbonyl (C=O) groups excluding carboxylic acids is 1. The standard InChI is InChI=1S/C22H26N6O2/c1-3-30-22(29)18-15-19(28-13-11-27(10-9-23)12-14-28)20(16(2)24)21(26-18)25-17-7-5-4-6-8-17/h4-8,15,24H,3,10-14H2,1-2H3,(H,25,26). The molecule has 30 heavy (non-hydrogen) atoms. The Labute approximate surface area is 176 Å². The van der Waals surface area contributed by atoms with Crippen molar-refractivity contribution in [3.8, 4) is 6.07 Å². The highest BCUT2D eigenvalue weighted by Crippen LogP contribution is 2.31. The fourth-order valence-corrected chi connectivity index (χ4v) is 3.46. The monoisotopic (exact) mass is 406 g/mol. The molecule has 8 nitrogen and oxygen atoms in total. The number of rotatable bonds is 7. The maximum absolute atomic E-state index is 12.5. The average molecular weight is 406 g/mol. The number of para-hydroxylation sites is 1. The van der Waals surface area contributed by atoms with Crippen molar-refractivity contribution in [3.05, 3.63) is 47.7 Å². The molecule has 0 unspecified atom stereocenters. The zero-order chi connectivity index (χ0) is 21.5. The number of benzene rings is 1. The molecule has 2 N–H and O–H groups in total. The van der Waals surface area contributed by atoms with Gasteiger partial charge in [0.2, 0.25) is 0 Å². The summed E-state index contributed by atoms with van der Waals surface area (Å²) >= 11 is 0. The van der Waals surface area contributed by atoms with E-state index in [1.807, 2.05) is 30.3 Å². The largest absolute Gasteiger partial charge is 0.461 e. The van der Waals surface area contributed by atoms with E-state index in [0.29, 0.717) is 36.7 Å². The van der Waals surface area contributed by atoms with Crippen molar-refractivity contribution >= 4 is 28.9 Å². The van der Waals surface area contributed by atoms with Gasteiger partial charge in [0, 0.05) is 37.6 Å². The molecule has 3 rings (SSSR count). The molecule has 1 aliphatic rings. The van der Waals surface area contributed by atoms with Crippen LogP contribution in [-0.4, -0.2) is 60.9 Å². The molecule has 0 spiro atoms. The quantitative estimate of drug-likeness (QED) is 0.414. The second kappa shape index (κ2) is 9.85. The molecular weight excluding hydrogens is 380 g/mol. The maximum Gasteiger partial charge on any atom is 0.357 e. The molecule has 1 aromatic heterocycles. The van der Waals surface area contributed by atoms with E-state index in [0.717, 1.165) is 24.5 Å². The summed E-state index contributed by atoms with van der Waals surface area (Å²) in [5.41, 5.74) is 2.80. The Hall–Kier alpha value is -3.44. The van der Waals surface area contributed by atoms with Crippen molar-refractivity contribution in [1.82, 2.24) is 9.88 Å². The summed E-state index contributed by atoms with van der Waals surface area (Å²) in [6, 6.07) is 13.4. The first kappa shape index (κ1) is 21.3. The molecule has 2 aromatic rings. The number of aromatic nitrogens is 1. The second-order valence-electron chi connectivity index (χ2n) is 7.01. The zero-order valence-corrected chi connectivity index (χ0v) is 17.3. The van der Waals surface area contributed by atoms with Gasteiger partial charge >= 0.3 is 5.97 Å². The predicted octanol–water partition coefficient (Wildman–Crippen LogP) is 3.04. The number of nitrogens with zero attached hydrogens (tertiary/aromatic N) is 4. The van der Waals surface area contributed by atoms with Gasteiger partial charge in [-0.1, -0.05) is 18.2 Å². The summed E-state index contributed by atoms with van der Waals surface area (Å²) in [6.45, 7) is 6.99. The number of piperazine rings is 1. The number of carbonyl (C=O) groups is 1. The van der Waals surface area contributed by atoms with Crippen molar-refractivity contribution in [2.45, 2.75) is 13.8 Å². The Balaban J connectivity index is 2.03. The molecule has 0 bridgehead atoms. The van der Waals surface area contributed by atoms with Crippen LogP contribution >= 0.6 is 0 Å². The van der Waals surface area contributed by atoms with Crippen LogP contribution in [0, 0.1) is 16.7 Å². The first-order chi connectivity index (χ1) is 14.5. The van der Waals surface area contributed by atoms with Crippen LogP contribution in [0.5, 0.6) is 0 Å². The van der Waals surface area contributed by atoms with E-state index >= 15 is 0 Å². The zero-order valence-electron chi connectivity index (χ0n) is 17.3. The minimum atomic E-state index is -0.493. The normalized spacial score (nSPS) is 14.1. The lowest BCUT2D eigenvalue weighted by molar-refractivity contribution is 0.0519. The van der Waals surface area contributed by atoms with Gasteiger partial charge < -0.3 is 20.4 Å². The lowest BCUT2D eigenvalue weighted by Gasteiger charge is -2.36. The van der Waals surface area contributed by atoms with Gasteiger partial charge in [0.15, 0.2) is 5.69 Å². The molecule has 2 heterocycles. The summed E-state index contributed by atoms with van der Waals surface area (Å²) in [4.78, 5) is 21.2. The van der Waals surface area contributed by atoms with Crippen LogP contribution in [0.15, 0.2) is 36.4 Å². The van der Waals surface area contributed by atoms with E-state index in [2.05, 4.69) is 26.2 Å². The van der Waals surface area contributed by atoms with E-state index < -0.39 is 5.97 Å². The summed E-state index contributed by atoms with van der Waals surface area (Å²) in [6.07, 6.45) is 0. The SMILES string of the molecule is CCOC(=O)c1cc(N2CCN(CC#N)CC2)c(C(C)=N)c(Nc2ccccc2)n1. The molecule has 156 valence electrons. The summed E-state index contributed by atoms with van der Waals surface area (Å²) in [5.74, 6) is -0.0409. The van der Waals surface area contributed by atoms with Crippen LogP contribution in [0.4, 0.5) is 17.2 Å². The third-order valence-corrected chi connectivity index (χ3v) is 4.90. The smallest absolute Gasteiger partial charge is 0.357 e. The van der Waals surface area contributed by atoms with Crippen molar-refractivity contribution in [3.63, 3.8) is 0 Å². The number of anilines is 3. The first-order valence-electron chi connectivity index (χ1n) is 9.97. The fraction of sp³-hybridized carbons (Fsp3) is 0.364. The third-order valence-electron chi connectivity index (χ3n) is 4.90. The number of pyridine rings is 1. The van der Waals surface area contributed by atoms with E-state index in [-0.39, 0.29) is 12.3 Å². The van der Waals surface area contributed by atoms with Crippen LogP contribution < -0.4 is 10.2 Å². The van der Waals surface area contributed by atoms with Crippen LogP contribution in [-0.2, 0) is 4.74 Å². The van der Waals surface area contributed by atoms with Gasteiger partial charge in [0.25, 0.3) is 0 Å². The molecule has 1 aliphatic heterocycles. The molecule has 1 fully saturated rings. The van der Waals surface area contributed by atoms with Gasteiger partial charge in [-0.2, -0.15) is 5.26 Å². The minimum Gasteiger partial charge on any atom is -0.461 e. The number of hydrogen-bond donors (Lipinski definition) is 2. The van der Waals surface area contributed by atoms with E-state index in [9.17, 15) is 4.79 Å². The minimum absolute atomic E-state index is 0.203. The van der Waals surface area contributed by atoms with Crippen molar-refractivity contribution in [2.75, 3.05) is 49.5 Å². The molecular formula is C22H26N6O2. The number of nitriles is 1. The predicted molar refractivity (Wildman–Crippen MR) is 117 cm³/mol. The fourth-order valence-electron chi connectivity index (χ4n) is 3.46. The molecule has 8 heteroatoms. The highest BCUT2D eigenvalue weighted by molar-refractivity contribution is 6.07. The second-order valence-corrected chi connectivity index (χ2v) is 7.01. The van der Waals surface area contributed by atoms with Crippen molar-refractivity contribution in [1.29, 1.82) is 10.7 Å². The number of hydrogen-bond acceptors (Lipinski definition) is 8. The van der Waals surface area contributed by atoms with Gasteiger partial charge in [-0.3, -0.25) is 4.90 Å². The average Bonchev–Trinajstić information content (AvgIpc) is 2.74. The van der Waals surface area contributed by atoms with Crippen LogP contribution in [0.2, 0.25) is 0 Å². The van der Waals surface area contributed by atoms with Crippen molar-refractivity contribution < 1.29 is 9.53 Å². The van der Waals surface area contributed by atoms with E-state index in [4.69, 9.17) is 15.4 Å². The van der Waals surface area contributed by atoms with Gasteiger partial charge in [-0.05, 0) is 32.0 Å². The van der Waals surface area contributed by atoms with Crippen molar-refractivity contribution in [2.24, 2.45) is 0 Å². The lowest BCUT2D eigenvalue weighted by Crippen LogP contribution is -2.47. The van der Waals surface area contributed by atoms with E-state index in [1.165, 1.54) is 0 Å². The van der Waals surface area contributed by atoms with Gasteiger partial charge in [-0.15, -0.1) is 0 Å². The van der Waals surface area contributed by atoms with Gasteiger partial charge in [0.05, 0.1) is 30.5 Å². The number of nitrogens with one attached hydrogen (secondary N) is 2. The van der Waals surface area contributed by atoms with Crippen LogP contribution in [0.3, 0.4) is 0 Å². The highest BCUT2D eigenvalue weighted by Gasteiger charge is 2.25. The Morgan fingerprint density at radius 3 is 2.57 bits per heavy atom. The highest BCUT2D eigenvalue weighted by atomic mass is 16.5. The molecule has 0 saturated carbocycles. The Morgan fingerprint density at radius 2 is 1.97 bits per heavy atom. The Bertz CT molecular complexity index is 946. The Kier molecular flexibility index (Phi) is 6.99. The lowest BCUT2D eigenvalue weighted by atomic mass is 10.1. The van der Waals surface area contributed by atoms with Gasteiger partial charge in [-0.25, -0.2) is 9.78 Å². The topological polar surface area (TPSA) is 105 Å². The van der Waals surface area contributed by atoms with Crippen LogP contribution in [0.1, 0.15) is 29.9 Å². The molecule has 0 atom stereocenters. The Morgan fingerprint density at radius 1 is 1.27 bits per heavy atom. The number of ether oxygens (including phenoxy) is 1. The molecule has 0 aliphatic carbocycles. The number of esters is 1. The van der Waals surface area contributed by atoms with Gasteiger partial charge in [0.1, 0.15) is 5.82 Å². The molecule has 0 radical (unpaired) electrons. The van der Waals surface area contributed by atoms with Crippen LogP contribution in [0.25, 0.3) is 0 Å². The molecule has 1 aromatic carbocycles. The molecule has 1 saturated heterocycles. The summed E-state index contributed by atoms with van der Waals surface area (Å²) in [5, 5.41) is 20.6.